The molecule has 0 bridgehead atoms. The average Bonchev–Trinajstić information content (AvgIpc) is 2.70. The maximum atomic E-state index is 13.1. The van der Waals surface area contributed by atoms with E-state index in [1.807, 2.05) is 39.0 Å². The number of benzene rings is 2. The lowest BCUT2D eigenvalue weighted by atomic mass is 10.1. The van der Waals surface area contributed by atoms with E-state index in [0.29, 0.717) is 17.8 Å². The highest BCUT2D eigenvalue weighted by molar-refractivity contribution is 5.95. The van der Waals surface area contributed by atoms with E-state index in [1.54, 1.807) is 0 Å². The SMILES string of the molecule is CC[C@@H](Oc1ccc(=O)n(-c2ccc(F)cc2)n1)C(=O)Nc1ccc(C)cc1C. The number of halogens is 1. The van der Waals surface area contributed by atoms with E-state index in [-0.39, 0.29) is 11.8 Å². The van der Waals surface area contributed by atoms with Gasteiger partial charge >= 0.3 is 0 Å². The molecule has 6 nitrogen and oxygen atoms in total. The van der Waals surface area contributed by atoms with Crippen molar-refractivity contribution >= 4 is 11.6 Å². The van der Waals surface area contributed by atoms with Gasteiger partial charge in [-0.25, -0.2) is 4.39 Å². The van der Waals surface area contributed by atoms with Gasteiger partial charge in [0, 0.05) is 17.8 Å². The predicted octanol–water partition coefficient (Wildman–Crippen LogP) is 3.78. The minimum Gasteiger partial charge on any atom is -0.463 e. The van der Waals surface area contributed by atoms with Crippen LogP contribution in [0.25, 0.3) is 5.69 Å². The Morgan fingerprint density at radius 3 is 2.52 bits per heavy atom. The molecule has 3 rings (SSSR count). The lowest BCUT2D eigenvalue weighted by Gasteiger charge is -2.18. The molecule has 1 atom stereocenters. The van der Waals surface area contributed by atoms with E-state index >= 15 is 0 Å². The number of nitrogens with zero attached hydrogens (tertiary/aromatic N) is 2. The zero-order valence-electron chi connectivity index (χ0n) is 16.5. The molecular formula is C22H22FN3O3. The van der Waals surface area contributed by atoms with Gasteiger partial charge in [-0.05, 0) is 56.2 Å². The number of carbonyl (C=O) groups is 1. The maximum Gasteiger partial charge on any atom is 0.271 e. The van der Waals surface area contributed by atoms with Gasteiger partial charge in [0.15, 0.2) is 6.10 Å². The van der Waals surface area contributed by atoms with Gasteiger partial charge < -0.3 is 10.1 Å². The Bertz CT molecular complexity index is 1080. The molecule has 0 saturated heterocycles. The van der Waals surface area contributed by atoms with Crippen LogP contribution in [0.15, 0.2) is 59.4 Å². The normalized spacial score (nSPS) is 11.7. The third-order valence-electron chi connectivity index (χ3n) is 4.41. The molecule has 0 fully saturated rings. The van der Waals surface area contributed by atoms with Gasteiger partial charge in [0.1, 0.15) is 5.82 Å². The smallest absolute Gasteiger partial charge is 0.271 e. The molecule has 2 aromatic carbocycles. The summed E-state index contributed by atoms with van der Waals surface area (Å²) < 4.78 is 20.0. The number of amides is 1. The van der Waals surface area contributed by atoms with E-state index in [2.05, 4.69) is 10.4 Å². The summed E-state index contributed by atoms with van der Waals surface area (Å²) in [5.41, 5.74) is 2.78. The predicted molar refractivity (Wildman–Crippen MR) is 109 cm³/mol. The van der Waals surface area contributed by atoms with Crippen LogP contribution in [-0.2, 0) is 4.79 Å². The number of hydrogen-bond acceptors (Lipinski definition) is 4. The van der Waals surface area contributed by atoms with Gasteiger partial charge in [-0.15, -0.1) is 5.10 Å². The summed E-state index contributed by atoms with van der Waals surface area (Å²) in [5, 5.41) is 7.03. The van der Waals surface area contributed by atoms with E-state index in [9.17, 15) is 14.0 Å². The molecule has 150 valence electrons. The Balaban J connectivity index is 1.79. The first-order chi connectivity index (χ1) is 13.9. The lowest BCUT2D eigenvalue weighted by molar-refractivity contribution is -0.123. The summed E-state index contributed by atoms with van der Waals surface area (Å²) in [6.45, 7) is 5.73. The van der Waals surface area contributed by atoms with Crippen LogP contribution in [0.2, 0.25) is 0 Å². The molecule has 0 aliphatic carbocycles. The van der Waals surface area contributed by atoms with Crippen LogP contribution < -0.4 is 15.6 Å². The molecular weight excluding hydrogens is 373 g/mol. The van der Waals surface area contributed by atoms with Crippen molar-refractivity contribution in [3.05, 3.63) is 81.9 Å². The standard InChI is InChI=1S/C22H22FN3O3/c1-4-19(22(28)24-18-10-5-14(2)13-15(18)3)29-20-11-12-21(27)26(25-20)17-8-6-16(23)7-9-17/h5-13,19H,4H2,1-3H3,(H,24,28)/t19-/m1/s1. The van der Waals surface area contributed by atoms with Crippen LogP contribution in [0.4, 0.5) is 10.1 Å². The molecule has 1 amide bonds. The molecule has 7 heteroatoms. The Morgan fingerprint density at radius 2 is 1.86 bits per heavy atom. The number of carbonyl (C=O) groups excluding carboxylic acids is 1. The largest absolute Gasteiger partial charge is 0.463 e. The highest BCUT2D eigenvalue weighted by atomic mass is 19.1. The van der Waals surface area contributed by atoms with Crippen LogP contribution in [0.1, 0.15) is 24.5 Å². The fraction of sp³-hybridized carbons (Fsp3) is 0.227. The second-order valence-electron chi connectivity index (χ2n) is 6.72. The molecule has 0 aliphatic heterocycles. The second-order valence-corrected chi connectivity index (χ2v) is 6.72. The molecule has 0 radical (unpaired) electrons. The molecule has 1 aromatic heterocycles. The fourth-order valence-electron chi connectivity index (χ4n) is 2.86. The molecule has 3 aromatic rings. The zero-order valence-corrected chi connectivity index (χ0v) is 16.5. The Hall–Kier alpha value is -3.48. The molecule has 1 N–H and O–H groups in total. The fourth-order valence-corrected chi connectivity index (χ4v) is 2.86. The van der Waals surface area contributed by atoms with Crippen LogP contribution in [0, 0.1) is 19.7 Å². The van der Waals surface area contributed by atoms with Crippen molar-refractivity contribution in [1.29, 1.82) is 0 Å². The monoisotopic (exact) mass is 395 g/mol. The maximum absolute atomic E-state index is 13.1. The quantitative estimate of drug-likeness (QED) is 0.689. The average molecular weight is 395 g/mol. The number of aryl methyl sites for hydroxylation is 2. The third-order valence-corrected chi connectivity index (χ3v) is 4.41. The van der Waals surface area contributed by atoms with Crippen molar-refractivity contribution in [2.75, 3.05) is 5.32 Å². The van der Waals surface area contributed by atoms with Gasteiger partial charge in [0.05, 0.1) is 5.69 Å². The minimum absolute atomic E-state index is 0.122. The number of hydrogen-bond donors (Lipinski definition) is 1. The van der Waals surface area contributed by atoms with Crippen LogP contribution in [0.3, 0.4) is 0 Å². The topological polar surface area (TPSA) is 73.2 Å². The number of rotatable bonds is 6. The zero-order chi connectivity index (χ0) is 21.0. The third kappa shape index (κ3) is 4.87. The highest BCUT2D eigenvalue weighted by Gasteiger charge is 2.20. The number of aromatic nitrogens is 2. The van der Waals surface area contributed by atoms with Crippen LogP contribution >= 0.6 is 0 Å². The number of ether oxygens (including phenoxy) is 1. The summed E-state index contributed by atoms with van der Waals surface area (Å²) in [5.74, 6) is -0.597. The molecule has 0 unspecified atom stereocenters. The van der Waals surface area contributed by atoms with Crippen molar-refractivity contribution in [1.82, 2.24) is 9.78 Å². The Labute approximate surface area is 168 Å². The first-order valence-corrected chi connectivity index (χ1v) is 9.28. The molecule has 0 aliphatic rings. The molecule has 0 spiro atoms. The number of anilines is 1. The summed E-state index contributed by atoms with van der Waals surface area (Å²) >= 11 is 0. The van der Waals surface area contributed by atoms with E-state index in [4.69, 9.17) is 4.74 Å². The van der Waals surface area contributed by atoms with Crippen molar-refractivity contribution in [2.45, 2.75) is 33.3 Å². The van der Waals surface area contributed by atoms with Gasteiger partial charge in [0.25, 0.3) is 11.5 Å². The minimum atomic E-state index is -0.789. The van der Waals surface area contributed by atoms with Crippen molar-refractivity contribution < 1.29 is 13.9 Å². The van der Waals surface area contributed by atoms with Crippen molar-refractivity contribution in [2.24, 2.45) is 0 Å². The van der Waals surface area contributed by atoms with Crippen LogP contribution in [-0.4, -0.2) is 21.8 Å². The molecule has 0 saturated carbocycles. The van der Waals surface area contributed by atoms with E-state index in [1.165, 1.54) is 36.4 Å². The molecule has 29 heavy (non-hydrogen) atoms. The molecule has 1 heterocycles. The van der Waals surface area contributed by atoms with E-state index < -0.39 is 17.5 Å². The van der Waals surface area contributed by atoms with Crippen LogP contribution in [0.5, 0.6) is 5.88 Å². The second kappa shape index (κ2) is 8.68. The Kier molecular flexibility index (Phi) is 6.07. The highest BCUT2D eigenvalue weighted by Crippen LogP contribution is 2.18. The first kappa shape index (κ1) is 20.3. The van der Waals surface area contributed by atoms with Gasteiger partial charge in [0.2, 0.25) is 5.88 Å². The van der Waals surface area contributed by atoms with Crippen molar-refractivity contribution in [3.63, 3.8) is 0 Å². The first-order valence-electron chi connectivity index (χ1n) is 9.28. The van der Waals surface area contributed by atoms with Gasteiger partial charge in [-0.1, -0.05) is 24.6 Å². The lowest BCUT2D eigenvalue weighted by Crippen LogP contribution is -2.33. The van der Waals surface area contributed by atoms with Crippen molar-refractivity contribution in [3.8, 4) is 11.6 Å². The Morgan fingerprint density at radius 1 is 1.14 bits per heavy atom. The van der Waals surface area contributed by atoms with E-state index in [0.717, 1.165) is 15.8 Å². The summed E-state index contributed by atoms with van der Waals surface area (Å²) in [6.07, 6.45) is -0.379. The number of nitrogens with one attached hydrogen (secondary N) is 1. The summed E-state index contributed by atoms with van der Waals surface area (Å²) in [6, 6.07) is 13.8. The summed E-state index contributed by atoms with van der Waals surface area (Å²) in [7, 11) is 0. The van der Waals surface area contributed by atoms with Gasteiger partial charge in [-0.3, -0.25) is 9.59 Å². The summed E-state index contributed by atoms with van der Waals surface area (Å²) in [4.78, 5) is 24.8. The van der Waals surface area contributed by atoms with Gasteiger partial charge in [-0.2, -0.15) is 4.68 Å².